The van der Waals surface area contributed by atoms with Crippen molar-refractivity contribution in [2.45, 2.75) is 11.5 Å². The van der Waals surface area contributed by atoms with Crippen molar-refractivity contribution < 1.29 is 30.5 Å². The molecule has 0 radical (unpaired) electrons. The van der Waals surface area contributed by atoms with Crippen LogP contribution in [0.3, 0.4) is 0 Å². The second kappa shape index (κ2) is 5.48. The van der Waals surface area contributed by atoms with Gasteiger partial charge in [-0.15, -0.1) is 0 Å². The first-order valence-corrected chi connectivity index (χ1v) is 5.75. The van der Waals surface area contributed by atoms with Gasteiger partial charge in [-0.1, -0.05) is 6.07 Å². The normalized spacial score (nSPS) is 17.4. The van der Waals surface area contributed by atoms with Crippen molar-refractivity contribution in [3.8, 4) is 0 Å². The van der Waals surface area contributed by atoms with Gasteiger partial charge < -0.3 is 4.74 Å². The highest BCUT2D eigenvalue weighted by atomic mass is 32.2. The van der Waals surface area contributed by atoms with Gasteiger partial charge in [0.2, 0.25) is 0 Å². The summed E-state index contributed by atoms with van der Waals surface area (Å²) < 4.78 is 67.4. The van der Waals surface area contributed by atoms with E-state index in [2.05, 4.69) is 4.18 Å². The molecule has 0 bridgehead atoms. The molecule has 0 aromatic heterocycles. The predicted octanol–water partition coefficient (Wildman–Crippen LogP) is 1.74. The van der Waals surface area contributed by atoms with E-state index in [1.54, 1.807) is 0 Å². The predicted molar refractivity (Wildman–Crippen MR) is 51.3 cm³/mol. The van der Waals surface area contributed by atoms with Gasteiger partial charge in [-0.3, -0.25) is 4.39 Å². The number of ether oxygens (including phenoxy) is 1. The molecular weight excluding hydrogens is 261 g/mol. The summed E-state index contributed by atoms with van der Waals surface area (Å²) in [6.07, 6.45) is 0. The minimum Gasteiger partial charge on any atom is -0.349 e. The fraction of sp³-hybridized carbons (Fsp3) is 0.333. The minimum atomic E-state index is -4.27. The summed E-state index contributed by atoms with van der Waals surface area (Å²) in [5.41, 5.74) is 0.0476. The molecule has 1 aromatic rings. The van der Waals surface area contributed by atoms with Crippen molar-refractivity contribution >= 4 is 10.1 Å². The van der Waals surface area contributed by atoms with E-state index >= 15 is 0 Å². The van der Waals surface area contributed by atoms with Crippen molar-refractivity contribution in [2.75, 3.05) is 14.0 Å². The van der Waals surface area contributed by atoms with Crippen LogP contribution in [0.1, 0.15) is 5.56 Å². The van der Waals surface area contributed by atoms with Gasteiger partial charge in [0.1, 0.15) is 4.90 Å². The number of halogens is 3. The third kappa shape index (κ3) is 2.76. The maximum Gasteiger partial charge on any atom is 0.302 e. The molecule has 4 nitrogen and oxygen atoms in total. The maximum atomic E-state index is 13.3. The number of hydrogen-bond acceptors (Lipinski definition) is 4. The van der Waals surface area contributed by atoms with Gasteiger partial charge in [-0.25, -0.2) is 13.0 Å². The number of alkyl halides is 1. The summed E-state index contributed by atoms with van der Waals surface area (Å²) in [5, 5.41) is 0. The van der Waals surface area contributed by atoms with Crippen LogP contribution >= 0.6 is 0 Å². The summed E-state index contributed by atoms with van der Waals surface area (Å²) in [7, 11) is -3.77. The monoisotopic (exact) mass is 270 g/mol. The zero-order valence-corrected chi connectivity index (χ0v) is 9.56. The zero-order chi connectivity index (χ0) is 13.1. The van der Waals surface area contributed by atoms with Crippen LogP contribution in [0.15, 0.2) is 17.0 Å². The van der Waals surface area contributed by atoms with Crippen molar-refractivity contribution in [1.29, 1.82) is 0 Å². The van der Waals surface area contributed by atoms with Gasteiger partial charge >= 0.3 is 10.1 Å². The molecule has 96 valence electrons. The molecule has 0 amide bonds. The number of benzene rings is 1. The molecule has 0 N–H and O–H groups in total. The summed E-state index contributed by atoms with van der Waals surface area (Å²) in [6, 6.07) is 2.00. The van der Waals surface area contributed by atoms with Gasteiger partial charge in [0, 0.05) is 5.56 Å². The SMILES string of the molecule is CF.O=S1(=O)OCOCc2ccc(F)c(F)c21. The second-order valence-corrected chi connectivity index (χ2v) is 4.44. The van der Waals surface area contributed by atoms with Crippen LogP contribution in [0.4, 0.5) is 13.2 Å². The average molecular weight is 270 g/mol. The highest BCUT2D eigenvalue weighted by Gasteiger charge is 2.29. The molecular formula is C9H9F3O4S. The topological polar surface area (TPSA) is 52.6 Å². The van der Waals surface area contributed by atoms with Crippen LogP contribution in [-0.2, 0) is 25.6 Å². The zero-order valence-electron chi connectivity index (χ0n) is 8.74. The summed E-state index contributed by atoms with van der Waals surface area (Å²) in [4.78, 5) is -0.778. The number of hydrogen-bond donors (Lipinski definition) is 0. The average Bonchev–Trinajstić information content (AvgIpc) is 2.45. The van der Waals surface area contributed by atoms with Gasteiger partial charge in [0.15, 0.2) is 18.4 Å². The third-order valence-electron chi connectivity index (χ3n) is 1.93. The van der Waals surface area contributed by atoms with E-state index in [1.807, 2.05) is 0 Å². The van der Waals surface area contributed by atoms with Crippen LogP contribution < -0.4 is 0 Å². The Balaban J connectivity index is 0.000000686. The molecule has 1 aliphatic rings. The van der Waals surface area contributed by atoms with E-state index in [1.165, 1.54) is 0 Å². The lowest BCUT2D eigenvalue weighted by Crippen LogP contribution is -2.09. The van der Waals surface area contributed by atoms with Crippen molar-refractivity contribution in [1.82, 2.24) is 0 Å². The molecule has 17 heavy (non-hydrogen) atoms. The quantitative estimate of drug-likeness (QED) is 0.674. The van der Waals surface area contributed by atoms with Crippen molar-refractivity contribution in [2.24, 2.45) is 0 Å². The van der Waals surface area contributed by atoms with E-state index in [-0.39, 0.29) is 12.2 Å². The maximum absolute atomic E-state index is 13.3. The standard InChI is InChI=1S/C8H6F2O4S.CH3F/c9-6-2-1-5-3-13-4-14-15(11,12)8(5)7(6)10;1-2/h1-2H,3-4H2;1H3. The molecule has 0 saturated heterocycles. The smallest absolute Gasteiger partial charge is 0.302 e. The molecule has 0 aliphatic carbocycles. The molecule has 0 atom stereocenters. The van der Waals surface area contributed by atoms with Gasteiger partial charge in [0.05, 0.1) is 13.8 Å². The van der Waals surface area contributed by atoms with Gasteiger partial charge in [-0.2, -0.15) is 8.42 Å². The highest BCUT2D eigenvalue weighted by molar-refractivity contribution is 7.86. The third-order valence-corrected chi connectivity index (χ3v) is 3.27. The Labute approximate surface area is 96.1 Å². The van der Waals surface area contributed by atoms with Gasteiger partial charge in [0.25, 0.3) is 0 Å². The highest BCUT2D eigenvalue weighted by Crippen LogP contribution is 2.26. The molecule has 1 heterocycles. The number of rotatable bonds is 0. The molecule has 0 unspecified atom stereocenters. The fourth-order valence-corrected chi connectivity index (χ4v) is 2.34. The molecule has 1 aromatic carbocycles. The van der Waals surface area contributed by atoms with E-state index in [9.17, 15) is 21.6 Å². The Hall–Kier alpha value is -1.12. The van der Waals surface area contributed by atoms with E-state index in [4.69, 9.17) is 4.74 Å². The lowest BCUT2D eigenvalue weighted by atomic mass is 10.2. The van der Waals surface area contributed by atoms with E-state index in [0.717, 1.165) is 12.1 Å². The van der Waals surface area contributed by atoms with Crippen LogP contribution in [0.25, 0.3) is 0 Å². The van der Waals surface area contributed by atoms with Crippen LogP contribution in [-0.4, -0.2) is 22.4 Å². The lowest BCUT2D eigenvalue weighted by molar-refractivity contribution is 0.0140. The van der Waals surface area contributed by atoms with Gasteiger partial charge in [-0.05, 0) is 6.07 Å². The largest absolute Gasteiger partial charge is 0.349 e. The molecule has 8 heteroatoms. The molecule has 1 aliphatic heterocycles. The van der Waals surface area contributed by atoms with E-state index in [0.29, 0.717) is 7.18 Å². The molecule has 0 fully saturated rings. The minimum absolute atomic E-state index is 0.0476. The first kappa shape index (κ1) is 13.9. The molecule has 0 spiro atoms. The molecule has 2 rings (SSSR count). The first-order valence-electron chi connectivity index (χ1n) is 4.34. The van der Waals surface area contributed by atoms with Crippen LogP contribution in [0, 0.1) is 11.6 Å². The Morgan fingerprint density at radius 3 is 2.53 bits per heavy atom. The fourth-order valence-electron chi connectivity index (χ4n) is 1.26. The lowest BCUT2D eigenvalue weighted by Gasteiger charge is -2.05. The number of fused-ring (bicyclic) bond motifs is 1. The molecule has 0 saturated carbocycles. The summed E-state index contributed by atoms with van der Waals surface area (Å²) in [6.45, 7) is -0.635. The Morgan fingerprint density at radius 2 is 1.88 bits per heavy atom. The summed E-state index contributed by atoms with van der Waals surface area (Å²) in [5.74, 6) is -2.67. The van der Waals surface area contributed by atoms with Crippen molar-refractivity contribution in [3.05, 3.63) is 29.3 Å². The van der Waals surface area contributed by atoms with E-state index < -0.39 is 33.4 Å². The van der Waals surface area contributed by atoms with Crippen LogP contribution in [0.5, 0.6) is 0 Å². The van der Waals surface area contributed by atoms with Crippen LogP contribution in [0.2, 0.25) is 0 Å². The van der Waals surface area contributed by atoms with Crippen molar-refractivity contribution in [3.63, 3.8) is 0 Å². The second-order valence-electron chi connectivity index (χ2n) is 2.89. The Bertz CT molecular complexity index is 501. The Kier molecular flexibility index (Phi) is 4.49. The first-order chi connectivity index (χ1) is 8.02. The Morgan fingerprint density at radius 1 is 1.24 bits per heavy atom. The summed E-state index contributed by atoms with van der Waals surface area (Å²) >= 11 is 0.